The molecule has 0 radical (unpaired) electrons. The van der Waals surface area contributed by atoms with Crippen LogP contribution in [0.5, 0.6) is 0 Å². The van der Waals surface area contributed by atoms with Crippen LogP contribution in [-0.4, -0.2) is 16.7 Å². The third kappa shape index (κ3) is 20.4. The smallest absolute Gasteiger partial charge is 0.00979 e. The van der Waals surface area contributed by atoms with E-state index in [1.165, 1.54) is 64.2 Å². The average Bonchev–Trinajstić information content (AvgIpc) is 2.16. The van der Waals surface area contributed by atoms with Crippen molar-refractivity contribution in [3.8, 4) is 0 Å². The number of hydrogen-bond donors (Lipinski definition) is 1. The van der Waals surface area contributed by atoms with Gasteiger partial charge >= 0.3 is 0 Å². The van der Waals surface area contributed by atoms with Crippen LogP contribution in [0.2, 0.25) is 0 Å². The number of thiol groups is 1. The first-order chi connectivity index (χ1) is 6.41. The number of hydrogen-bond acceptors (Lipinski definition) is 1. The van der Waals surface area contributed by atoms with Crippen molar-refractivity contribution in [2.24, 2.45) is 0 Å². The Morgan fingerprint density at radius 1 is 0.600 bits per heavy atom. The van der Waals surface area contributed by atoms with E-state index in [1.54, 1.807) is 0 Å². The highest BCUT2D eigenvalue weighted by atomic mass is 32.1. The standard InChI is InChI=1S/C12H26S.2H2O/c1-2-3-4-5-6-7-8-9-10-11-12-13;;/h13H,2-12H2,1H3;2*1H2. The van der Waals surface area contributed by atoms with E-state index in [-0.39, 0.29) is 11.0 Å². The van der Waals surface area contributed by atoms with Gasteiger partial charge in [0.05, 0.1) is 0 Å². The van der Waals surface area contributed by atoms with E-state index in [0.717, 1.165) is 5.75 Å². The lowest BCUT2D eigenvalue weighted by atomic mass is 10.1. The summed E-state index contributed by atoms with van der Waals surface area (Å²) in [6.45, 7) is 2.28. The van der Waals surface area contributed by atoms with Gasteiger partial charge in [0.2, 0.25) is 0 Å². The van der Waals surface area contributed by atoms with Crippen LogP contribution in [0.15, 0.2) is 0 Å². The molecule has 0 aliphatic rings. The van der Waals surface area contributed by atoms with Gasteiger partial charge < -0.3 is 11.0 Å². The Bertz CT molecular complexity index is 79.7. The van der Waals surface area contributed by atoms with Crippen molar-refractivity contribution in [1.82, 2.24) is 0 Å². The molecular formula is C12H30O2S. The van der Waals surface area contributed by atoms with Crippen LogP contribution in [0.1, 0.15) is 71.1 Å². The molecule has 0 aliphatic heterocycles. The van der Waals surface area contributed by atoms with Crippen molar-refractivity contribution < 1.29 is 11.0 Å². The minimum atomic E-state index is 0. The maximum atomic E-state index is 4.20. The summed E-state index contributed by atoms with van der Waals surface area (Å²) in [5, 5.41) is 0. The molecule has 0 heterocycles. The quantitative estimate of drug-likeness (QED) is 0.449. The zero-order chi connectivity index (χ0) is 9.78. The van der Waals surface area contributed by atoms with Gasteiger partial charge in [-0.3, -0.25) is 0 Å². The van der Waals surface area contributed by atoms with Gasteiger partial charge in [0.25, 0.3) is 0 Å². The average molecular weight is 238 g/mol. The van der Waals surface area contributed by atoms with Crippen molar-refractivity contribution in [2.45, 2.75) is 71.1 Å². The molecular weight excluding hydrogens is 208 g/mol. The minimum absolute atomic E-state index is 0. The molecule has 0 saturated heterocycles. The summed E-state index contributed by atoms with van der Waals surface area (Å²) in [4.78, 5) is 0. The van der Waals surface area contributed by atoms with E-state index in [4.69, 9.17) is 0 Å². The third-order valence-electron chi connectivity index (χ3n) is 2.51. The Labute approximate surface area is 101 Å². The monoisotopic (exact) mass is 238 g/mol. The summed E-state index contributed by atoms with van der Waals surface area (Å²) in [6, 6.07) is 0. The fraction of sp³-hybridized carbons (Fsp3) is 1.00. The summed E-state index contributed by atoms with van der Waals surface area (Å²) < 4.78 is 0. The van der Waals surface area contributed by atoms with Crippen LogP contribution in [0, 0.1) is 0 Å². The SMILES string of the molecule is CCCCCCCCCCCCS.O.O. The third-order valence-corrected chi connectivity index (χ3v) is 2.83. The molecule has 0 amide bonds. The summed E-state index contributed by atoms with van der Waals surface area (Å²) in [6.07, 6.45) is 14.2. The Balaban J connectivity index is -0.000000720. The van der Waals surface area contributed by atoms with Crippen LogP contribution < -0.4 is 0 Å². The first kappa shape index (κ1) is 20.7. The minimum Gasteiger partial charge on any atom is -0.412 e. The predicted octanol–water partition coefficient (Wildman–Crippen LogP) is 3.19. The zero-order valence-corrected chi connectivity index (χ0v) is 11.1. The fourth-order valence-corrected chi connectivity index (χ4v) is 1.82. The van der Waals surface area contributed by atoms with E-state index < -0.39 is 0 Å². The van der Waals surface area contributed by atoms with Crippen LogP contribution >= 0.6 is 12.6 Å². The molecule has 0 bridgehead atoms. The second-order valence-electron chi connectivity index (χ2n) is 3.91. The van der Waals surface area contributed by atoms with Gasteiger partial charge in [0, 0.05) is 0 Å². The van der Waals surface area contributed by atoms with E-state index in [1.807, 2.05) is 0 Å². The topological polar surface area (TPSA) is 63.0 Å². The predicted molar refractivity (Wildman–Crippen MR) is 72.9 cm³/mol. The first-order valence-electron chi connectivity index (χ1n) is 6.02. The van der Waals surface area contributed by atoms with Gasteiger partial charge in [-0.25, -0.2) is 0 Å². The Morgan fingerprint density at radius 3 is 1.27 bits per heavy atom. The lowest BCUT2D eigenvalue weighted by Crippen LogP contribution is -1.81. The molecule has 0 atom stereocenters. The van der Waals surface area contributed by atoms with Crippen molar-refractivity contribution in [1.29, 1.82) is 0 Å². The van der Waals surface area contributed by atoms with Crippen LogP contribution in [0.4, 0.5) is 0 Å². The van der Waals surface area contributed by atoms with Gasteiger partial charge in [0.15, 0.2) is 0 Å². The molecule has 2 nitrogen and oxygen atoms in total. The highest BCUT2D eigenvalue weighted by Gasteiger charge is 1.91. The molecule has 0 spiro atoms. The molecule has 0 aromatic heterocycles. The lowest BCUT2D eigenvalue weighted by molar-refractivity contribution is 0.563. The second kappa shape index (κ2) is 19.8. The van der Waals surface area contributed by atoms with Crippen molar-refractivity contribution in [3.63, 3.8) is 0 Å². The maximum Gasteiger partial charge on any atom is -0.00979 e. The lowest BCUT2D eigenvalue weighted by Gasteiger charge is -2.00. The Kier molecular flexibility index (Phi) is 27.2. The van der Waals surface area contributed by atoms with Gasteiger partial charge in [-0.2, -0.15) is 12.6 Å². The normalized spacial score (nSPS) is 9.20. The molecule has 0 saturated carbocycles. The molecule has 0 aliphatic carbocycles. The first-order valence-corrected chi connectivity index (χ1v) is 6.66. The molecule has 0 aromatic carbocycles. The summed E-state index contributed by atoms with van der Waals surface area (Å²) >= 11 is 4.20. The van der Waals surface area contributed by atoms with Crippen molar-refractivity contribution in [2.75, 3.05) is 5.75 Å². The molecule has 96 valence electrons. The molecule has 0 rings (SSSR count). The highest BCUT2D eigenvalue weighted by molar-refractivity contribution is 7.80. The van der Waals surface area contributed by atoms with E-state index in [2.05, 4.69) is 19.6 Å². The van der Waals surface area contributed by atoms with Gasteiger partial charge in [0.1, 0.15) is 0 Å². The molecule has 0 unspecified atom stereocenters. The zero-order valence-electron chi connectivity index (χ0n) is 10.2. The largest absolute Gasteiger partial charge is 0.412 e. The van der Waals surface area contributed by atoms with Crippen LogP contribution in [0.3, 0.4) is 0 Å². The maximum absolute atomic E-state index is 4.20. The van der Waals surface area contributed by atoms with Crippen LogP contribution in [0.25, 0.3) is 0 Å². The summed E-state index contributed by atoms with van der Waals surface area (Å²) in [7, 11) is 0. The van der Waals surface area contributed by atoms with E-state index in [0.29, 0.717) is 0 Å². The summed E-state index contributed by atoms with van der Waals surface area (Å²) in [5.41, 5.74) is 0. The van der Waals surface area contributed by atoms with Gasteiger partial charge in [-0.15, -0.1) is 0 Å². The molecule has 0 aromatic rings. The molecule has 0 fully saturated rings. The van der Waals surface area contributed by atoms with Crippen molar-refractivity contribution >= 4 is 12.6 Å². The van der Waals surface area contributed by atoms with E-state index in [9.17, 15) is 0 Å². The Hall–Kier alpha value is 0.270. The second-order valence-corrected chi connectivity index (χ2v) is 4.35. The number of unbranched alkanes of at least 4 members (excludes halogenated alkanes) is 9. The molecule has 15 heavy (non-hydrogen) atoms. The van der Waals surface area contributed by atoms with Gasteiger partial charge in [-0.1, -0.05) is 64.7 Å². The molecule has 4 N–H and O–H groups in total. The van der Waals surface area contributed by atoms with E-state index >= 15 is 0 Å². The molecule has 3 heteroatoms. The Morgan fingerprint density at radius 2 is 0.933 bits per heavy atom. The highest BCUT2D eigenvalue weighted by Crippen LogP contribution is 2.10. The van der Waals surface area contributed by atoms with Crippen molar-refractivity contribution in [3.05, 3.63) is 0 Å². The van der Waals surface area contributed by atoms with Crippen LogP contribution in [-0.2, 0) is 0 Å². The summed E-state index contributed by atoms with van der Waals surface area (Å²) in [5.74, 6) is 1.07. The fourth-order valence-electron chi connectivity index (χ4n) is 1.60. The van der Waals surface area contributed by atoms with Gasteiger partial charge in [-0.05, 0) is 12.2 Å². The number of rotatable bonds is 10.